The molecule has 3 aromatic rings. The molecule has 154 valence electrons. The Morgan fingerprint density at radius 3 is 2.86 bits per heavy atom. The molecule has 11 heteroatoms. The third-order valence-electron chi connectivity index (χ3n) is 4.72. The maximum atomic E-state index is 12.8. The van der Waals surface area contributed by atoms with Gasteiger partial charge in [-0.25, -0.2) is 13.4 Å². The minimum atomic E-state index is -3.64. The van der Waals surface area contributed by atoms with E-state index in [0.717, 1.165) is 26.4 Å². The number of thiazole rings is 1. The molecule has 0 saturated carbocycles. The van der Waals surface area contributed by atoms with Crippen molar-refractivity contribution >= 4 is 77.3 Å². The summed E-state index contributed by atoms with van der Waals surface area (Å²) in [4.78, 5) is 18.4. The number of carbonyl (C=O) groups excluding carboxylic acids is 1. The molecule has 1 aliphatic rings. The Balaban J connectivity index is 1.47. The third-order valence-corrected chi connectivity index (χ3v) is 9.95. The number of thiophene rings is 1. The summed E-state index contributed by atoms with van der Waals surface area (Å²) < 4.78 is 28.7. The molecule has 2 aromatic heterocycles. The lowest BCUT2D eigenvalue weighted by atomic mass is 9.99. The second kappa shape index (κ2) is 8.52. The summed E-state index contributed by atoms with van der Waals surface area (Å²) in [5.41, 5.74) is 0.838. The second-order valence-electron chi connectivity index (χ2n) is 6.60. The fourth-order valence-corrected chi connectivity index (χ4v) is 7.81. The number of aromatic nitrogens is 1. The summed E-state index contributed by atoms with van der Waals surface area (Å²) in [6, 6.07) is 9.07. The van der Waals surface area contributed by atoms with E-state index < -0.39 is 15.9 Å². The lowest BCUT2D eigenvalue weighted by Crippen LogP contribution is -2.43. The van der Waals surface area contributed by atoms with Gasteiger partial charge in [0.15, 0.2) is 5.13 Å². The van der Waals surface area contributed by atoms with Crippen molar-refractivity contribution in [2.45, 2.75) is 21.9 Å². The number of thioether (sulfide) groups is 1. The van der Waals surface area contributed by atoms with E-state index in [4.69, 9.17) is 11.6 Å². The van der Waals surface area contributed by atoms with Crippen molar-refractivity contribution in [2.75, 3.05) is 24.7 Å². The van der Waals surface area contributed by atoms with Crippen LogP contribution in [0.5, 0.6) is 0 Å². The number of hydrogen-bond donors (Lipinski definition) is 1. The summed E-state index contributed by atoms with van der Waals surface area (Å²) >= 11 is 10.00. The van der Waals surface area contributed by atoms with Gasteiger partial charge in [0.05, 0.1) is 20.5 Å². The topological polar surface area (TPSA) is 79.4 Å². The number of nitrogens with one attached hydrogen (secondary N) is 1. The number of carbonyl (C=O) groups is 1. The molecule has 0 bridgehead atoms. The number of halogens is 1. The highest BCUT2D eigenvalue weighted by Crippen LogP contribution is 2.32. The Morgan fingerprint density at radius 1 is 1.31 bits per heavy atom. The van der Waals surface area contributed by atoms with E-state index in [2.05, 4.69) is 10.3 Å². The second-order valence-corrected chi connectivity index (χ2v) is 12.4. The van der Waals surface area contributed by atoms with Gasteiger partial charge in [-0.15, -0.1) is 23.1 Å². The first-order valence-electron chi connectivity index (χ1n) is 8.88. The van der Waals surface area contributed by atoms with Gasteiger partial charge in [-0.2, -0.15) is 4.31 Å². The van der Waals surface area contributed by atoms with Crippen LogP contribution in [0.2, 0.25) is 4.34 Å². The number of nitrogens with zero attached hydrogens (tertiary/aromatic N) is 2. The highest BCUT2D eigenvalue weighted by molar-refractivity contribution is 7.98. The molecule has 4 rings (SSSR count). The molecule has 1 N–H and O–H groups in total. The Kier molecular flexibility index (Phi) is 6.19. The van der Waals surface area contributed by atoms with Crippen LogP contribution in [0.15, 0.2) is 39.4 Å². The largest absolute Gasteiger partial charge is 0.302 e. The highest BCUT2D eigenvalue weighted by atomic mass is 35.5. The minimum absolute atomic E-state index is 0.158. The average Bonchev–Trinajstić information content (AvgIpc) is 3.33. The molecule has 1 unspecified atom stereocenters. The number of piperidine rings is 1. The van der Waals surface area contributed by atoms with E-state index >= 15 is 0 Å². The van der Waals surface area contributed by atoms with E-state index in [1.54, 1.807) is 17.8 Å². The summed E-state index contributed by atoms with van der Waals surface area (Å²) in [6.45, 7) is 0.561. The monoisotopic (exact) mass is 487 g/mol. The van der Waals surface area contributed by atoms with Gasteiger partial charge in [-0.05, 0) is 49.4 Å². The molecule has 6 nitrogen and oxygen atoms in total. The minimum Gasteiger partial charge on any atom is -0.302 e. The van der Waals surface area contributed by atoms with Gasteiger partial charge < -0.3 is 5.32 Å². The fraction of sp³-hybridized carbons (Fsp3) is 0.333. The average molecular weight is 488 g/mol. The fourth-order valence-electron chi connectivity index (χ4n) is 3.23. The predicted molar refractivity (Wildman–Crippen MR) is 121 cm³/mol. The van der Waals surface area contributed by atoms with Crippen molar-refractivity contribution in [3.05, 3.63) is 34.7 Å². The van der Waals surface area contributed by atoms with Gasteiger partial charge >= 0.3 is 0 Å². The predicted octanol–water partition coefficient (Wildman–Crippen LogP) is 4.77. The maximum absolute atomic E-state index is 12.8. The number of fused-ring (bicyclic) bond motifs is 1. The molecular formula is C18H18ClN3O3S4. The molecular weight excluding hydrogens is 470 g/mol. The molecule has 1 aromatic carbocycles. The van der Waals surface area contributed by atoms with E-state index in [0.29, 0.717) is 28.9 Å². The van der Waals surface area contributed by atoms with Crippen LogP contribution >= 0.6 is 46.0 Å². The van der Waals surface area contributed by atoms with Gasteiger partial charge in [-0.1, -0.05) is 22.9 Å². The zero-order valence-electron chi connectivity index (χ0n) is 15.4. The first-order chi connectivity index (χ1) is 13.9. The van der Waals surface area contributed by atoms with E-state index in [1.165, 1.54) is 21.7 Å². The van der Waals surface area contributed by atoms with Crippen molar-refractivity contribution in [1.82, 2.24) is 9.29 Å². The molecule has 1 aliphatic heterocycles. The van der Waals surface area contributed by atoms with Crippen LogP contribution in [0.1, 0.15) is 12.8 Å². The summed E-state index contributed by atoms with van der Waals surface area (Å²) in [7, 11) is -3.64. The van der Waals surface area contributed by atoms with Crippen LogP contribution in [0.3, 0.4) is 0 Å². The Morgan fingerprint density at radius 2 is 2.14 bits per heavy atom. The molecule has 1 fully saturated rings. The SMILES string of the molecule is CSc1ccc2nc(NC(=O)C3CCCN(S(=O)(=O)c4ccc(Cl)s4)C3)sc2c1. The number of benzene rings is 1. The van der Waals surface area contributed by atoms with E-state index in [9.17, 15) is 13.2 Å². The normalized spacial score (nSPS) is 18.2. The van der Waals surface area contributed by atoms with Crippen LogP contribution < -0.4 is 5.32 Å². The summed E-state index contributed by atoms with van der Waals surface area (Å²) in [5.74, 6) is -0.610. The van der Waals surface area contributed by atoms with Gasteiger partial charge in [0.25, 0.3) is 10.0 Å². The lowest BCUT2D eigenvalue weighted by molar-refractivity contribution is -0.120. The van der Waals surface area contributed by atoms with Crippen molar-refractivity contribution in [1.29, 1.82) is 0 Å². The molecule has 1 atom stereocenters. The van der Waals surface area contributed by atoms with Crippen LogP contribution in [0.4, 0.5) is 5.13 Å². The highest BCUT2D eigenvalue weighted by Gasteiger charge is 2.34. The summed E-state index contributed by atoms with van der Waals surface area (Å²) in [6.07, 6.45) is 3.29. The molecule has 0 radical (unpaired) electrons. The first kappa shape index (κ1) is 21.1. The van der Waals surface area contributed by atoms with Crippen molar-refractivity contribution in [3.63, 3.8) is 0 Å². The zero-order valence-corrected chi connectivity index (χ0v) is 19.4. The summed E-state index contributed by atoms with van der Waals surface area (Å²) in [5, 5.41) is 3.41. The van der Waals surface area contributed by atoms with E-state index in [1.807, 2.05) is 24.5 Å². The van der Waals surface area contributed by atoms with Crippen molar-refractivity contribution < 1.29 is 13.2 Å². The van der Waals surface area contributed by atoms with Gasteiger partial charge in [0.2, 0.25) is 5.91 Å². The maximum Gasteiger partial charge on any atom is 0.252 e. The standard InChI is InChI=1S/C18H18ClN3O3S4/c1-26-12-4-5-13-14(9-12)27-18(20-13)21-17(23)11-3-2-8-22(10-11)29(24,25)16-7-6-15(19)28-16/h4-7,9,11H,2-3,8,10H2,1H3,(H,20,21,23). The quantitative estimate of drug-likeness (QED) is 0.524. The molecule has 0 aliphatic carbocycles. The Hall–Kier alpha value is -1.17. The smallest absolute Gasteiger partial charge is 0.252 e. The first-order valence-corrected chi connectivity index (χ1v) is 13.6. The zero-order chi connectivity index (χ0) is 20.6. The molecule has 0 spiro atoms. The van der Waals surface area contributed by atoms with Crippen LogP contribution in [-0.2, 0) is 14.8 Å². The van der Waals surface area contributed by atoms with E-state index in [-0.39, 0.29) is 16.7 Å². The number of hydrogen-bond acceptors (Lipinski definition) is 7. The molecule has 29 heavy (non-hydrogen) atoms. The lowest BCUT2D eigenvalue weighted by Gasteiger charge is -2.30. The van der Waals surface area contributed by atoms with Crippen molar-refractivity contribution in [3.8, 4) is 0 Å². The number of anilines is 1. The van der Waals surface area contributed by atoms with Crippen LogP contribution in [0.25, 0.3) is 10.2 Å². The van der Waals surface area contributed by atoms with Crippen LogP contribution in [-0.4, -0.2) is 43.0 Å². The number of rotatable bonds is 5. The van der Waals surface area contributed by atoms with Crippen LogP contribution in [0, 0.1) is 5.92 Å². The van der Waals surface area contributed by atoms with Gasteiger partial charge in [0, 0.05) is 18.0 Å². The third kappa shape index (κ3) is 4.47. The molecule has 1 amide bonds. The Bertz CT molecular complexity index is 1160. The molecule has 3 heterocycles. The van der Waals surface area contributed by atoms with Gasteiger partial charge in [0.1, 0.15) is 4.21 Å². The molecule has 1 saturated heterocycles. The number of amides is 1. The number of sulfonamides is 1. The van der Waals surface area contributed by atoms with Gasteiger partial charge in [-0.3, -0.25) is 4.79 Å². The van der Waals surface area contributed by atoms with Crippen molar-refractivity contribution in [2.24, 2.45) is 5.92 Å². The Labute approximate surface area is 186 Å².